The monoisotopic (exact) mass is 347 g/mol. The largest absolute Gasteiger partial charge is 0.494 e. The van der Waals surface area contributed by atoms with Crippen LogP contribution in [-0.4, -0.2) is 44.0 Å². The number of benzene rings is 1. The molecule has 0 saturated heterocycles. The molecule has 1 amide bonds. The zero-order valence-corrected chi connectivity index (χ0v) is 13.9. The van der Waals surface area contributed by atoms with E-state index in [0.29, 0.717) is 18.0 Å². The van der Waals surface area contributed by atoms with Crippen LogP contribution >= 0.6 is 0 Å². The molecule has 24 heavy (non-hydrogen) atoms. The van der Waals surface area contributed by atoms with Crippen LogP contribution in [0.1, 0.15) is 6.92 Å². The van der Waals surface area contributed by atoms with Gasteiger partial charge in [-0.3, -0.25) is 4.79 Å². The lowest BCUT2D eigenvalue weighted by Gasteiger charge is -2.28. The maximum absolute atomic E-state index is 12.5. The summed E-state index contributed by atoms with van der Waals surface area (Å²) in [4.78, 5) is 14.2. The number of rotatable bonds is 4. The molecule has 2 heterocycles. The van der Waals surface area contributed by atoms with E-state index in [9.17, 15) is 13.2 Å². The lowest BCUT2D eigenvalue weighted by atomic mass is 10.1. The third kappa shape index (κ3) is 3.48. The number of nitrogens with one attached hydrogen (secondary N) is 1. The average Bonchev–Trinajstić information content (AvgIpc) is 2.55. The molecule has 126 valence electrons. The first-order chi connectivity index (χ1) is 11.5. The summed E-state index contributed by atoms with van der Waals surface area (Å²) in [5.41, 5.74) is 0.805. The van der Waals surface area contributed by atoms with Crippen LogP contribution in [0.15, 0.2) is 52.6 Å². The van der Waals surface area contributed by atoms with Crippen LogP contribution in [0.3, 0.4) is 0 Å². The van der Waals surface area contributed by atoms with Gasteiger partial charge in [-0.25, -0.2) is 8.42 Å². The number of hydrogen-bond donors (Lipinski definition) is 1. The van der Waals surface area contributed by atoms with E-state index in [2.05, 4.69) is 9.71 Å². The van der Waals surface area contributed by atoms with Crippen molar-refractivity contribution in [2.24, 2.45) is 4.40 Å². The predicted molar refractivity (Wildman–Crippen MR) is 91.4 cm³/mol. The van der Waals surface area contributed by atoms with Crippen molar-refractivity contribution < 1.29 is 17.9 Å². The van der Waals surface area contributed by atoms with Crippen molar-refractivity contribution in [2.45, 2.75) is 6.92 Å². The van der Waals surface area contributed by atoms with Gasteiger partial charge in [-0.05, 0) is 43.3 Å². The first-order valence-corrected chi connectivity index (χ1v) is 9.12. The van der Waals surface area contributed by atoms with Gasteiger partial charge in [0.15, 0.2) is 5.84 Å². The number of allylic oxidation sites excluding steroid dienone is 2. The predicted octanol–water partition coefficient (Wildman–Crippen LogP) is 1.52. The Morgan fingerprint density at radius 2 is 2.08 bits per heavy atom. The van der Waals surface area contributed by atoms with E-state index >= 15 is 0 Å². The van der Waals surface area contributed by atoms with Gasteiger partial charge in [0.25, 0.3) is 15.9 Å². The van der Waals surface area contributed by atoms with Crippen LogP contribution in [0.2, 0.25) is 0 Å². The molecule has 0 atom stereocenters. The molecule has 2 aliphatic rings. The van der Waals surface area contributed by atoms with E-state index in [1.165, 1.54) is 0 Å². The van der Waals surface area contributed by atoms with Gasteiger partial charge < -0.3 is 15.0 Å². The third-order valence-electron chi connectivity index (χ3n) is 3.53. The minimum atomic E-state index is -3.53. The third-order valence-corrected chi connectivity index (χ3v) is 4.67. The first kappa shape index (κ1) is 16.3. The average molecular weight is 347 g/mol. The summed E-state index contributed by atoms with van der Waals surface area (Å²) in [5.74, 6) is 0.398. The van der Waals surface area contributed by atoms with Crippen LogP contribution in [0.4, 0.5) is 5.69 Å². The molecule has 1 aromatic rings. The number of carbonyl (C=O) groups excluding carboxylic acids is 1. The fourth-order valence-corrected chi connectivity index (χ4v) is 3.38. The number of hydrogen-bond acceptors (Lipinski definition) is 5. The van der Waals surface area contributed by atoms with Crippen molar-refractivity contribution in [3.63, 3.8) is 0 Å². The number of nitrogens with zero attached hydrogens (tertiary/aromatic N) is 2. The van der Waals surface area contributed by atoms with Crippen molar-refractivity contribution in [3.8, 4) is 5.75 Å². The Hall–Kier alpha value is -2.61. The number of amidine groups is 1. The zero-order valence-electron chi connectivity index (χ0n) is 13.1. The summed E-state index contributed by atoms with van der Waals surface area (Å²) in [6.07, 6.45) is 4.96. The lowest BCUT2D eigenvalue weighted by molar-refractivity contribution is -0.112. The van der Waals surface area contributed by atoms with Crippen molar-refractivity contribution in [3.05, 3.63) is 48.2 Å². The van der Waals surface area contributed by atoms with Gasteiger partial charge in [-0.15, -0.1) is 4.40 Å². The van der Waals surface area contributed by atoms with Gasteiger partial charge in [0.1, 0.15) is 5.75 Å². The highest BCUT2D eigenvalue weighted by molar-refractivity contribution is 7.90. The fraction of sp³-hybridized carbons (Fsp3) is 0.250. The van der Waals surface area contributed by atoms with Gasteiger partial charge in [0.05, 0.1) is 17.9 Å². The Labute approximate surface area is 140 Å². The topological polar surface area (TPSA) is 88.1 Å². The normalized spacial score (nSPS) is 18.3. The van der Waals surface area contributed by atoms with Crippen molar-refractivity contribution in [1.29, 1.82) is 0 Å². The van der Waals surface area contributed by atoms with Crippen molar-refractivity contribution in [1.82, 2.24) is 4.90 Å². The zero-order chi connectivity index (χ0) is 17.2. The summed E-state index contributed by atoms with van der Waals surface area (Å²) in [6, 6.07) is 6.95. The Balaban J connectivity index is 1.80. The van der Waals surface area contributed by atoms with Crippen LogP contribution in [0.25, 0.3) is 0 Å². The van der Waals surface area contributed by atoms with E-state index in [1.807, 2.05) is 6.92 Å². The van der Waals surface area contributed by atoms with Crippen LogP contribution in [0, 0.1) is 0 Å². The number of sulfonamides is 1. The standard InChI is InChI=1S/C16H17N3O4S/c1-2-23-13-7-5-12(6-8-13)17-16(20)14-4-3-9-19-10-11-24(21,22)18-15(14)19/h3-9H,2,10-11H2,1H3,(H,17,20). The molecule has 0 fully saturated rings. The second-order valence-corrected chi connectivity index (χ2v) is 6.98. The molecule has 1 aromatic carbocycles. The second kappa shape index (κ2) is 6.48. The Morgan fingerprint density at radius 3 is 2.79 bits per heavy atom. The lowest BCUT2D eigenvalue weighted by Crippen LogP contribution is -2.40. The number of anilines is 1. The van der Waals surface area contributed by atoms with Gasteiger partial charge in [-0.2, -0.15) is 0 Å². The number of fused-ring (bicyclic) bond motifs is 1. The van der Waals surface area contributed by atoms with Gasteiger partial charge >= 0.3 is 0 Å². The van der Waals surface area contributed by atoms with E-state index in [-0.39, 0.29) is 23.7 Å². The van der Waals surface area contributed by atoms with Crippen LogP contribution in [-0.2, 0) is 14.8 Å². The highest BCUT2D eigenvalue weighted by Gasteiger charge is 2.29. The van der Waals surface area contributed by atoms with E-state index in [1.54, 1.807) is 47.5 Å². The molecule has 3 rings (SSSR count). The summed E-state index contributed by atoms with van der Waals surface area (Å²) in [6.45, 7) is 2.74. The molecule has 7 nitrogen and oxygen atoms in total. The molecule has 0 saturated carbocycles. The molecule has 2 aliphatic heterocycles. The molecule has 8 heteroatoms. The summed E-state index contributed by atoms with van der Waals surface area (Å²) < 4.78 is 32.5. The molecule has 0 spiro atoms. The SMILES string of the molecule is CCOc1ccc(NC(=O)C2=CC=CN3CCS(=O)(=O)N=C23)cc1. The molecular formula is C16H17N3O4S. The molecule has 1 N–H and O–H groups in total. The molecule has 0 unspecified atom stereocenters. The van der Waals surface area contributed by atoms with E-state index < -0.39 is 15.9 Å². The second-order valence-electron chi connectivity index (χ2n) is 5.23. The van der Waals surface area contributed by atoms with Gasteiger partial charge in [0, 0.05) is 18.4 Å². The highest BCUT2D eigenvalue weighted by Crippen LogP contribution is 2.20. The number of ether oxygens (including phenoxy) is 1. The minimum Gasteiger partial charge on any atom is -0.494 e. The van der Waals surface area contributed by atoms with E-state index in [0.717, 1.165) is 0 Å². The Kier molecular flexibility index (Phi) is 4.39. The molecule has 0 aromatic heterocycles. The minimum absolute atomic E-state index is 0.0609. The van der Waals surface area contributed by atoms with Gasteiger partial charge in [0.2, 0.25) is 0 Å². The quantitative estimate of drug-likeness (QED) is 0.892. The summed E-state index contributed by atoms with van der Waals surface area (Å²) in [7, 11) is -3.53. The molecule has 0 bridgehead atoms. The summed E-state index contributed by atoms with van der Waals surface area (Å²) in [5, 5.41) is 2.74. The van der Waals surface area contributed by atoms with E-state index in [4.69, 9.17) is 4.74 Å². The van der Waals surface area contributed by atoms with Crippen LogP contribution in [0.5, 0.6) is 5.75 Å². The molecule has 0 aliphatic carbocycles. The first-order valence-electron chi connectivity index (χ1n) is 7.51. The number of carbonyl (C=O) groups is 1. The fourth-order valence-electron chi connectivity index (χ4n) is 2.39. The van der Waals surface area contributed by atoms with Crippen molar-refractivity contribution in [2.75, 3.05) is 24.2 Å². The molecule has 0 radical (unpaired) electrons. The number of amides is 1. The smallest absolute Gasteiger partial charge is 0.259 e. The maximum atomic E-state index is 12.5. The van der Waals surface area contributed by atoms with Crippen molar-refractivity contribution >= 4 is 27.5 Å². The van der Waals surface area contributed by atoms with Gasteiger partial charge in [-0.1, -0.05) is 0 Å². The Bertz CT molecular complexity index is 839. The highest BCUT2D eigenvalue weighted by atomic mass is 32.2. The maximum Gasteiger partial charge on any atom is 0.259 e. The van der Waals surface area contributed by atoms with Crippen LogP contribution < -0.4 is 10.1 Å². The Morgan fingerprint density at radius 1 is 1.33 bits per heavy atom. The molecular weight excluding hydrogens is 330 g/mol. The summed E-state index contributed by atoms with van der Waals surface area (Å²) >= 11 is 0.